The first-order chi connectivity index (χ1) is 8.77. The molecule has 2 rings (SSSR count). The summed E-state index contributed by atoms with van der Waals surface area (Å²) in [6.45, 7) is 0. The minimum absolute atomic E-state index is 0.115. The smallest absolute Gasteiger partial charge is 0.258 e. The fourth-order valence-electron chi connectivity index (χ4n) is 1.45. The highest BCUT2D eigenvalue weighted by Crippen LogP contribution is 2.24. The van der Waals surface area contributed by atoms with E-state index in [9.17, 15) is 10.1 Å². The Kier molecular flexibility index (Phi) is 4.15. The van der Waals surface area contributed by atoms with Crippen LogP contribution < -0.4 is 0 Å². The van der Waals surface area contributed by atoms with Gasteiger partial charge in [0.1, 0.15) is 0 Å². The van der Waals surface area contributed by atoms with Crippen molar-refractivity contribution in [1.29, 1.82) is 0 Å². The Morgan fingerprint density at radius 1 is 1.00 bits per heavy atom. The Labute approximate surface area is 109 Å². The zero-order chi connectivity index (χ0) is 12.8. The molecule has 3 nitrogen and oxygen atoms in total. The minimum atomic E-state index is -0.356. The standard InChI is InChI=1S/C14H11NO2S/c16-15(17)14(12-7-3-1-4-8-12)11-18-13-9-5-2-6-10-13/h1-11H/b14-11+. The van der Waals surface area contributed by atoms with Crippen LogP contribution in [0, 0.1) is 10.1 Å². The largest absolute Gasteiger partial charge is 0.283 e. The van der Waals surface area contributed by atoms with Crippen molar-refractivity contribution < 1.29 is 4.92 Å². The maximum atomic E-state index is 11.0. The van der Waals surface area contributed by atoms with Crippen LogP contribution in [-0.4, -0.2) is 4.92 Å². The minimum Gasteiger partial charge on any atom is -0.258 e. The Morgan fingerprint density at radius 3 is 2.11 bits per heavy atom. The molecular weight excluding hydrogens is 246 g/mol. The normalized spacial score (nSPS) is 11.2. The molecule has 90 valence electrons. The topological polar surface area (TPSA) is 43.1 Å². The first-order valence-electron chi connectivity index (χ1n) is 5.39. The average Bonchev–Trinajstić information content (AvgIpc) is 2.41. The molecule has 0 fully saturated rings. The van der Waals surface area contributed by atoms with E-state index >= 15 is 0 Å². The van der Waals surface area contributed by atoms with Gasteiger partial charge in [-0.25, -0.2) is 0 Å². The first kappa shape index (κ1) is 12.4. The predicted octanol–water partition coefficient (Wildman–Crippen LogP) is 4.05. The molecule has 0 atom stereocenters. The van der Waals surface area contributed by atoms with Crippen molar-refractivity contribution >= 4 is 17.5 Å². The zero-order valence-corrected chi connectivity index (χ0v) is 10.3. The van der Waals surface area contributed by atoms with Crippen LogP contribution in [0.5, 0.6) is 0 Å². The number of thioether (sulfide) groups is 1. The van der Waals surface area contributed by atoms with E-state index in [0.29, 0.717) is 5.56 Å². The van der Waals surface area contributed by atoms with E-state index in [-0.39, 0.29) is 10.6 Å². The van der Waals surface area contributed by atoms with E-state index < -0.39 is 0 Å². The first-order valence-corrected chi connectivity index (χ1v) is 6.27. The van der Waals surface area contributed by atoms with Gasteiger partial charge >= 0.3 is 0 Å². The van der Waals surface area contributed by atoms with E-state index in [0.717, 1.165) is 4.90 Å². The third-order valence-electron chi connectivity index (χ3n) is 2.32. The molecule has 0 saturated carbocycles. The maximum absolute atomic E-state index is 11.0. The average molecular weight is 257 g/mol. The van der Waals surface area contributed by atoms with Gasteiger partial charge < -0.3 is 0 Å². The summed E-state index contributed by atoms with van der Waals surface area (Å²) in [6, 6.07) is 18.5. The van der Waals surface area contributed by atoms with Crippen molar-refractivity contribution in [1.82, 2.24) is 0 Å². The summed E-state index contributed by atoms with van der Waals surface area (Å²) in [7, 11) is 0. The number of nitro groups is 1. The van der Waals surface area contributed by atoms with E-state index in [1.54, 1.807) is 29.7 Å². The van der Waals surface area contributed by atoms with Gasteiger partial charge in [-0.2, -0.15) is 0 Å². The summed E-state index contributed by atoms with van der Waals surface area (Å²) in [5.74, 6) is 0. The third-order valence-corrected chi connectivity index (χ3v) is 3.20. The number of hydrogen-bond acceptors (Lipinski definition) is 3. The zero-order valence-electron chi connectivity index (χ0n) is 9.52. The van der Waals surface area contributed by atoms with Crippen LogP contribution >= 0.6 is 11.8 Å². The molecule has 0 unspecified atom stereocenters. The summed E-state index contributed by atoms with van der Waals surface area (Å²) in [5.41, 5.74) is 0.732. The highest BCUT2D eigenvalue weighted by Gasteiger charge is 2.13. The van der Waals surface area contributed by atoms with Crippen LogP contribution in [-0.2, 0) is 0 Å². The summed E-state index contributed by atoms with van der Waals surface area (Å²) >= 11 is 1.35. The molecule has 0 spiro atoms. The van der Waals surface area contributed by atoms with Gasteiger partial charge in [0.15, 0.2) is 0 Å². The SMILES string of the molecule is O=[N+]([O-])/C(=C/Sc1ccccc1)c1ccccc1. The Hall–Kier alpha value is -2.07. The molecule has 0 aliphatic heterocycles. The molecule has 0 aliphatic carbocycles. The van der Waals surface area contributed by atoms with Gasteiger partial charge in [-0.1, -0.05) is 48.2 Å². The van der Waals surface area contributed by atoms with Crippen LogP contribution in [0.15, 0.2) is 71.0 Å². The van der Waals surface area contributed by atoms with Crippen molar-refractivity contribution in [2.24, 2.45) is 0 Å². The van der Waals surface area contributed by atoms with Crippen molar-refractivity contribution in [3.05, 3.63) is 81.7 Å². The van der Waals surface area contributed by atoms with Gasteiger partial charge in [0.05, 0.1) is 15.9 Å². The van der Waals surface area contributed by atoms with Crippen LogP contribution in [0.3, 0.4) is 0 Å². The van der Waals surface area contributed by atoms with Gasteiger partial charge in [0.25, 0.3) is 5.70 Å². The van der Waals surface area contributed by atoms with Crippen molar-refractivity contribution in [3.8, 4) is 0 Å². The Balaban J connectivity index is 2.24. The number of hydrogen-bond donors (Lipinski definition) is 0. The molecule has 2 aromatic carbocycles. The highest BCUT2D eigenvalue weighted by molar-refractivity contribution is 8.02. The molecule has 0 heterocycles. The quantitative estimate of drug-likeness (QED) is 0.471. The van der Waals surface area contributed by atoms with E-state index in [1.165, 1.54) is 11.8 Å². The maximum Gasteiger partial charge on any atom is 0.283 e. The molecule has 0 amide bonds. The van der Waals surface area contributed by atoms with Crippen LogP contribution in [0.1, 0.15) is 5.56 Å². The Morgan fingerprint density at radius 2 is 1.56 bits per heavy atom. The molecule has 0 saturated heterocycles. The molecule has 2 aromatic rings. The van der Waals surface area contributed by atoms with Gasteiger partial charge in [0, 0.05) is 4.90 Å². The second-order valence-corrected chi connectivity index (χ2v) is 4.50. The Bertz CT molecular complexity index is 553. The lowest BCUT2D eigenvalue weighted by Gasteiger charge is -1.99. The molecule has 4 heteroatoms. The van der Waals surface area contributed by atoms with Gasteiger partial charge in [-0.3, -0.25) is 10.1 Å². The van der Waals surface area contributed by atoms with Crippen molar-refractivity contribution in [2.45, 2.75) is 4.90 Å². The molecule has 0 aromatic heterocycles. The molecule has 0 aliphatic rings. The van der Waals surface area contributed by atoms with Crippen molar-refractivity contribution in [3.63, 3.8) is 0 Å². The molecule has 0 radical (unpaired) electrons. The van der Waals surface area contributed by atoms with Crippen LogP contribution in [0.4, 0.5) is 0 Å². The van der Waals surface area contributed by atoms with Crippen LogP contribution in [0.2, 0.25) is 0 Å². The number of benzene rings is 2. The lowest BCUT2D eigenvalue weighted by molar-refractivity contribution is -0.375. The fraction of sp³-hybridized carbons (Fsp3) is 0. The number of nitrogens with zero attached hydrogens (tertiary/aromatic N) is 1. The molecule has 18 heavy (non-hydrogen) atoms. The predicted molar refractivity (Wildman–Crippen MR) is 73.7 cm³/mol. The van der Waals surface area contributed by atoms with E-state index in [4.69, 9.17) is 0 Å². The molecular formula is C14H11NO2S. The lowest BCUT2D eigenvalue weighted by atomic mass is 10.2. The third kappa shape index (κ3) is 3.21. The van der Waals surface area contributed by atoms with Crippen LogP contribution in [0.25, 0.3) is 5.70 Å². The second kappa shape index (κ2) is 6.02. The van der Waals surface area contributed by atoms with Gasteiger partial charge in [-0.15, -0.1) is 0 Å². The highest BCUT2D eigenvalue weighted by atomic mass is 32.2. The summed E-state index contributed by atoms with van der Waals surface area (Å²) in [4.78, 5) is 11.7. The lowest BCUT2D eigenvalue weighted by Crippen LogP contribution is -1.96. The number of rotatable bonds is 4. The fourth-order valence-corrected chi connectivity index (χ4v) is 2.23. The summed E-state index contributed by atoms with van der Waals surface area (Å²) in [6.07, 6.45) is 0. The van der Waals surface area contributed by atoms with E-state index in [1.807, 2.05) is 36.4 Å². The molecule has 0 N–H and O–H groups in total. The van der Waals surface area contributed by atoms with Gasteiger partial charge in [0.2, 0.25) is 0 Å². The second-order valence-electron chi connectivity index (χ2n) is 3.56. The van der Waals surface area contributed by atoms with Gasteiger partial charge in [-0.05, 0) is 24.3 Å². The monoisotopic (exact) mass is 257 g/mol. The summed E-state index contributed by atoms with van der Waals surface area (Å²) in [5, 5.41) is 12.6. The van der Waals surface area contributed by atoms with Crippen molar-refractivity contribution in [2.75, 3.05) is 0 Å². The van der Waals surface area contributed by atoms with E-state index in [2.05, 4.69) is 0 Å². The molecule has 0 bridgehead atoms. The summed E-state index contributed by atoms with van der Waals surface area (Å²) < 4.78 is 0.